The highest BCUT2D eigenvalue weighted by Gasteiger charge is 2.12. The van der Waals surface area contributed by atoms with Crippen molar-refractivity contribution in [3.63, 3.8) is 0 Å². The van der Waals surface area contributed by atoms with Gasteiger partial charge in [-0.1, -0.05) is 15.9 Å². The standard InChI is InChI=1S/C10H9BrClFO2/c11-7-1-2-10(15-6-13)8(5-7)9(14)3-4-12/h1-2,5H,3-4,6H2. The van der Waals surface area contributed by atoms with Gasteiger partial charge in [-0.15, -0.1) is 11.6 Å². The van der Waals surface area contributed by atoms with Crippen LogP contribution < -0.4 is 4.74 Å². The number of ether oxygens (including phenoxy) is 1. The highest BCUT2D eigenvalue weighted by Crippen LogP contribution is 2.24. The third kappa shape index (κ3) is 3.47. The molecule has 0 fully saturated rings. The molecule has 1 aromatic rings. The molecule has 0 radical (unpaired) electrons. The van der Waals surface area contributed by atoms with Crippen molar-refractivity contribution in [3.05, 3.63) is 28.2 Å². The number of hydrogen-bond acceptors (Lipinski definition) is 2. The summed E-state index contributed by atoms with van der Waals surface area (Å²) in [5.41, 5.74) is 0.350. The van der Waals surface area contributed by atoms with E-state index in [0.717, 1.165) is 4.47 Å². The number of alkyl halides is 2. The summed E-state index contributed by atoms with van der Waals surface area (Å²) < 4.78 is 17.5. The molecule has 2 nitrogen and oxygen atoms in total. The molecule has 0 saturated heterocycles. The first kappa shape index (κ1) is 12.5. The van der Waals surface area contributed by atoms with Crippen LogP contribution in [0.25, 0.3) is 0 Å². The van der Waals surface area contributed by atoms with E-state index < -0.39 is 6.86 Å². The predicted molar refractivity (Wildman–Crippen MR) is 60.4 cm³/mol. The van der Waals surface area contributed by atoms with Gasteiger partial charge in [0.05, 0.1) is 5.56 Å². The van der Waals surface area contributed by atoms with Crippen LogP contribution in [0.4, 0.5) is 4.39 Å². The van der Waals surface area contributed by atoms with Gasteiger partial charge in [0, 0.05) is 16.8 Å². The Labute approximate surface area is 101 Å². The Morgan fingerprint density at radius 1 is 1.53 bits per heavy atom. The molecule has 0 aliphatic carbocycles. The Hall–Kier alpha value is -0.610. The molecule has 0 saturated carbocycles. The number of halogens is 3. The number of rotatable bonds is 5. The topological polar surface area (TPSA) is 26.3 Å². The molecule has 82 valence electrons. The van der Waals surface area contributed by atoms with E-state index in [1.54, 1.807) is 18.2 Å². The van der Waals surface area contributed by atoms with E-state index in [0.29, 0.717) is 5.56 Å². The van der Waals surface area contributed by atoms with Crippen LogP contribution in [0.1, 0.15) is 16.8 Å². The first-order valence-corrected chi connectivity index (χ1v) is 5.59. The van der Waals surface area contributed by atoms with Gasteiger partial charge in [-0.2, -0.15) is 0 Å². The Kier molecular flexibility index (Phi) is 5.05. The normalized spacial score (nSPS) is 10.1. The zero-order valence-electron chi connectivity index (χ0n) is 7.80. The lowest BCUT2D eigenvalue weighted by Gasteiger charge is -2.07. The van der Waals surface area contributed by atoms with E-state index in [1.165, 1.54) is 0 Å². The van der Waals surface area contributed by atoms with Gasteiger partial charge in [-0.05, 0) is 18.2 Å². The van der Waals surface area contributed by atoms with Gasteiger partial charge in [-0.25, -0.2) is 4.39 Å². The second-order valence-electron chi connectivity index (χ2n) is 2.76. The van der Waals surface area contributed by atoms with Crippen LogP contribution in [0.2, 0.25) is 0 Å². The number of Topliss-reactive ketones (excluding diaryl/α,β-unsaturated/α-hetero) is 1. The maximum absolute atomic E-state index is 12.0. The molecule has 0 aromatic heterocycles. The van der Waals surface area contributed by atoms with Crippen molar-refractivity contribution in [1.82, 2.24) is 0 Å². The van der Waals surface area contributed by atoms with E-state index in [9.17, 15) is 9.18 Å². The zero-order valence-corrected chi connectivity index (χ0v) is 10.1. The maximum Gasteiger partial charge on any atom is 0.228 e. The third-order valence-electron chi connectivity index (χ3n) is 1.77. The van der Waals surface area contributed by atoms with Crippen molar-refractivity contribution in [2.24, 2.45) is 0 Å². The highest BCUT2D eigenvalue weighted by molar-refractivity contribution is 9.10. The first-order chi connectivity index (χ1) is 7.19. The lowest BCUT2D eigenvalue weighted by atomic mass is 10.1. The minimum Gasteiger partial charge on any atom is -0.462 e. The monoisotopic (exact) mass is 294 g/mol. The van der Waals surface area contributed by atoms with E-state index >= 15 is 0 Å². The van der Waals surface area contributed by atoms with Crippen LogP contribution in [0, 0.1) is 0 Å². The van der Waals surface area contributed by atoms with Crippen molar-refractivity contribution in [3.8, 4) is 5.75 Å². The number of carbonyl (C=O) groups excluding carboxylic acids is 1. The van der Waals surface area contributed by atoms with Gasteiger partial charge >= 0.3 is 0 Å². The van der Waals surface area contributed by atoms with Crippen LogP contribution >= 0.6 is 27.5 Å². The van der Waals surface area contributed by atoms with Gasteiger partial charge in [0.15, 0.2) is 5.78 Å². The predicted octanol–water partition coefficient (Wildman–Crippen LogP) is 3.57. The molecule has 1 rings (SSSR count). The smallest absolute Gasteiger partial charge is 0.228 e. The minimum absolute atomic E-state index is 0.158. The minimum atomic E-state index is -0.956. The van der Waals surface area contributed by atoms with Gasteiger partial charge in [0.1, 0.15) is 5.75 Å². The van der Waals surface area contributed by atoms with Gasteiger partial charge in [0.25, 0.3) is 0 Å². The molecule has 0 N–H and O–H groups in total. The molecule has 15 heavy (non-hydrogen) atoms. The summed E-state index contributed by atoms with van der Waals surface area (Å²) in [6.45, 7) is -0.956. The van der Waals surface area contributed by atoms with Crippen molar-refractivity contribution < 1.29 is 13.9 Å². The Morgan fingerprint density at radius 3 is 2.87 bits per heavy atom. The molecule has 1 aromatic carbocycles. The molecule has 0 amide bonds. The Balaban J connectivity index is 3.00. The fourth-order valence-electron chi connectivity index (χ4n) is 1.13. The van der Waals surface area contributed by atoms with Crippen LogP contribution in [0.3, 0.4) is 0 Å². The Bertz CT molecular complexity index is 357. The zero-order chi connectivity index (χ0) is 11.3. The van der Waals surface area contributed by atoms with Crippen LogP contribution in [0.5, 0.6) is 5.75 Å². The molecular weight excluding hydrogens is 286 g/mol. The molecule has 0 aliphatic heterocycles. The molecule has 0 heterocycles. The fraction of sp³-hybridized carbons (Fsp3) is 0.300. The number of carbonyl (C=O) groups is 1. The molecular formula is C10H9BrClFO2. The highest BCUT2D eigenvalue weighted by atomic mass is 79.9. The lowest BCUT2D eigenvalue weighted by molar-refractivity contribution is 0.0982. The molecule has 5 heteroatoms. The molecule has 0 aliphatic rings. The van der Waals surface area contributed by atoms with Crippen LogP contribution in [-0.4, -0.2) is 18.5 Å². The number of hydrogen-bond donors (Lipinski definition) is 0. The van der Waals surface area contributed by atoms with Crippen molar-refractivity contribution in [1.29, 1.82) is 0 Å². The Morgan fingerprint density at radius 2 is 2.27 bits per heavy atom. The van der Waals surface area contributed by atoms with Crippen LogP contribution in [0.15, 0.2) is 22.7 Å². The van der Waals surface area contributed by atoms with Gasteiger partial charge in [-0.3, -0.25) is 4.79 Å². The number of ketones is 1. The summed E-state index contributed by atoms with van der Waals surface area (Å²) >= 11 is 8.70. The molecule has 0 bridgehead atoms. The van der Waals surface area contributed by atoms with Crippen molar-refractivity contribution in [2.45, 2.75) is 6.42 Å². The maximum atomic E-state index is 12.0. The summed E-state index contributed by atoms with van der Waals surface area (Å²) in [6.07, 6.45) is 0.209. The average molecular weight is 296 g/mol. The number of benzene rings is 1. The summed E-state index contributed by atoms with van der Waals surface area (Å²) in [7, 11) is 0. The SMILES string of the molecule is O=C(CCCl)c1cc(Br)ccc1OCF. The summed E-state index contributed by atoms with van der Waals surface area (Å²) in [5.74, 6) is 0.325. The van der Waals surface area contributed by atoms with Crippen LogP contribution in [-0.2, 0) is 0 Å². The summed E-state index contributed by atoms with van der Waals surface area (Å²) in [6, 6.07) is 4.83. The van der Waals surface area contributed by atoms with Crippen molar-refractivity contribution >= 4 is 33.3 Å². The quantitative estimate of drug-likeness (QED) is 0.613. The van der Waals surface area contributed by atoms with E-state index in [4.69, 9.17) is 16.3 Å². The van der Waals surface area contributed by atoms with E-state index in [1.807, 2.05) is 0 Å². The third-order valence-corrected chi connectivity index (χ3v) is 2.46. The molecule has 0 spiro atoms. The van der Waals surface area contributed by atoms with Gasteiger partial charge in [0.2, 0.25) is 6.86 Å². The first-order valence-electron chi connectivity index (χ1n) is 4.26. The van der Waals surface area contributed by atoms with Crippen molar-refractivity contribution in [2.75, 3.05) is 12.7 Å². The molecule has 0 atom stereocenters. The summed E-state index contributed by atoms with van der Waals surface area (Å²) in [5, 5.41) is 0. The average Bonchev–Trinajstić information content (AvgIpc) is 2.21. The lowest BCUT2D eigenvalue weighted by Crippen LogP contribution is -2.04. The van der Waals surface area contributed by atoms with Gasteiger partial charge < -0.3 is 4.74 Å². The van der Waals surface area contributed by atoms with E-state index in [2.05, 4.69) is 15.9 Å². The second-order valence-corrected chi connectivity index (χ2v) is 4.05. The second kappa shape index (κ2) is 6.08. The van der Waals surface area contributed by atoms with E-state index in [-0.39, 0.29) is 23.8 Å². The largest absolute Gasteiger partial charge is 0.462 e. The molecule has 0 unspecified atom stereocenters. The summed E-state index contributed by atoms with van der Waals surface area (Å²) in [4.78, 5) is 11.6. The fourth-order valence-corrected chi connectivity index (χ4v) is 1.66.